The van der Waals surface area contributed by atoms with Gasteiger partial charge in [-0.25, -0.2) is 8.78 Å². The second kappa shape index (κ2) is 7.19. The molecular weight excluding hydrogens is 392 g/mol. The fourth-order valence-electron chi connectivity index (χ4n) is 4.20. The van der Waals surface area contributed by atoms with Crippen LogP contribution in [0.15, 0.2) is 42.5 Å². The van der Waals surface area contributed by atoms with E-state index in [0.717, 1.165) is 12.1 Å². The highest BCUT2D eigenvalue weighted by molar-refractivity contribution is 6.11. The first-order valence-corrected chi connectivity index (χ1v) is 9.64. The van der Waals surface area contributed by atoms with Crippen molar-refractivity contribution in [3.63, 3.8) is 0 Å². The van der Waals surface area contributed by atoms with Crippen molar-refractivity contribution in [2.24, 2.45) is 0 Å². The largest absolute Gasteiger partial charge is 0.340 e. The number of amides is 3. The fourth-order valence-corrected chi connectivity index (χ4v) is 4.20. The molecule has 0 saturated carbocycles. The van der Waals surface area contributed by atoms with Gasteiger partial charge in [-0.2, -0.15) is 0 Å². The normalized spacial score (nSPS) is 20.3. The summed E-state index contributed by atoms with van der Waals surface area (Å²) >= 11 is 0. The van der Waals surface area contributed by atoms with Crippen LogP contribution in [0.2, 0.25) is 0 Å². The van der Waals surface area contributed by atoms with E-state index in [4.69, 9.17) is 0 Å². The second-order valence-electron chi connectivity index (χ2n) is 7.85. The number of para-hydroxylation sites is 1. The smallest absolute Gasteiger partial charge is 0.258 e. The van der Waals surface area contributed by atoms with Gasteiger partial charge < -0.3 is 9.80 Å². The molecule has 4 rings (SSSR count). The highest BCUT2D eigenvalue weighted by atomic mass is 19.2. The molecule has 156 valence electrons. The van der Waals surface area contributed by atoms with E-state index in [0.29, 0.717) is 23.2 Å². The van der Waals surface area contributed by atoms with Gasteiger partial charge in [0.25, 0.3) is 5.91 Å². The molecule has 8 heteroatoms. The Kier molecular flexibility index (Phi) is 4.80. The zero-order chi connectivity index (χ0) is 21.6. The molecule has 2 aromatic carbocycles. The first kappa shape index (κ1) is 20.0. The molecule has 0 radical (unpaired) electrons. The molecule has 30 heavy (non-hydrogen) atoms. The highest BCUT2D eigenvalue weighted by Gasteiger charge is 2.53. The van der Waals surface area contributed by atoms with Gasteiger partial charge in [0, 0.05) is 20.0 Å². The lowest BCUT2D eigenvalue weighted by atomic mass is 9.98. The van der Waals surface area contributed by atoms with Gasteiger partial charge in [-0.1, -0.05) is 18.2 Å². The van der Waals surface area contributed by atoms with Crippen molar-refractivity contribution in [3.8, 4) is 0 Å². The predicted octanol–water partition coefficient (Wildman–Crippen LogP) is 2.92. The SMILES string of the molecule is CN(Cc1ccc(F)c(F)c1)C(=O)CN1C(=O)c2ccccc2N2C(=O)CCC12C. The van der Waals surface area contributed by atoms with E-state index in [1.165, 1.54) is 22.9 Å². The van der Waals surface area contributed by atoms with Crippen LogP contribution < -0.4 is 4.90 Å². The topological polar surface area (TPSA) is 60.9 Å². The molecule has 0 bridgehead atoms. The maximum atomic E-state index is 13.5. The second-order valence-corrected chi connectivity index (χ2v) is 7.85. The number of benzene rings is 2. The van der Waals surface area contributed by atoms with Crippen molar-refractivity contribution in [1.29, 1.82) is 0 Å². The minimum absolute atomic E-state index is 0.0635. The zero-order valence-electron chi connectivity index (χ0n) is 16.7. The number of carbonyl (C=O) groups excluding carboxylic acids is 3. The number of hydrogen-bond donors (Lipinski definition) is 0. The van der Waals surface area contributed by atoms with Gasteiger partial charge >= 0.3 is 0 Å². The molecule has 0 aliphatic carbocycles. The van der Waals surface area contributed by atoms with Crippen molar-refractivity contribution in [3.05, 3.63) is 65.2 Å². The molecule has 6 nitrogen and oxygen atoms in total. The number of fused-ring (bicyclic) bond motifs is 3. The number of halogens is 2. The number of rotatable bonds is 4. The summed E-state index contributed by atoms with van der Waals surface area (Å²) in [5.74, 6) is -2.71. The zero-order valence-corrected chi connectivity index (χ0v) is 16.7. The summed E-state index contributed by atoms with van der Waals surface area (Å²) in [5, 5.41) is 0. The van der Waals surface area contributed by atoms with Gasteiger partial charge in [-0.15, -0.1) is 0 Å². The van der Waals surface area contributed by atoms with Gasteiger partial charge in [0.05, 0.1) is 11.3 Å². The first-order chi connectivity index (χ1) is 14.2. The molecule has 1 atom stereocenters. The third-order valence-corrected chi connectivity index (χ3v) is 5.87. The maximum Gasteiger partial charge on any atom is 0.258 e. The molecule has 2 aliphatic heterocycles. The van der Waals surface area contributed by atoms with Crippen molar-refractivity contribution in [1.82, 2.24) is 9.80 Å². The summed E-state index contributed by atoms with van der Waals surface area (Å²) in [6, 6.07) is 10.3. The molecule has 1 unspecified atom stereocenters. The van der Waals surface area contributed by atoms with Crippen LogP contribution in [0.1, 0.15) is 35.7 Å². The van der Waals surface area contributed by atoms with Crippen LogP contribution in [0.3, 0.4) is 0 Å². The van der Waals surface area contributed by atoms with Gasteiger partial charge in [0.1, 0.15) is 12.2 Å². The molecule has 0 aromatic heterocycles. The summed E-state index contributed by atoms with van der Waals surface area (Å²) in [7, 11) is 1.53. The Bertz CT molecular complexity index is 1060. The van der Waals surface area contributed by atoms with Gasteiger partial charge in [-0.3, -0.25) is 19.3 Å². The third kappa shape index (κ3) is 3.12. The molecule has 0 N–H and O–H groups in total. The van der Waals surface area contributed by atoms with E-state index < -0.39 is 17.3 Å². The van der Waals surface area contributed by atoms with Crippen LogP contribution in [0.5, 0.6) is 0 Å². The lowest BCUT2D eigenvalue weighted by molar-refractivity contribution is -0.132. The summed E-state index contributed by atoms with van der Waals surface area (Å²) in [5.41, 5.74) is 0.442. The Morgan fingerprint density at radius 3 is 2.60 bits per heavy atom. The third-order valence-electron chi connectivity index (χ3n) is 5.87. The summed E-state index contributed by atoms with van der Waals surface area (Å²) in [6.07, 6.45) is 0.708. The molecule has 2 aromatic rings. The van der Waals surface area contributed by atoms with Gasteiger partial charge in [0.15, 0.2) is 11.6 Å². The lowest BCUT2D eigenvalue weighted by Gasteiger charge is -2.48. The van der Waals surface area contributed by atoms with Crippen molar-refractivity contribution in [2.45, 2.75) is 32.0 Å². The molecule has 2 heterocycles. The molecule has 0 spiro atoms. The predicted molar refractivity (Wildman–Crippen MR) is 105 cm³/mol. The monoisotopic (exact) mass is 413 g/mol. The first-order valence-electron chi connectivity index (χ1n) is 9.64. The Balaban J connectivity index is 1.58. The average molecular weight is 413 g/mol. The maximum absolute atomic E-state index is 13.5. The summed E-state index contributed by atoms with van der Waals surface area (Å²) in [6.45, 7) is 1.62. The van der Waals surface area contributed by atoms with E-state index in [9.17, 15) is 23.2 Å². The Labute approximate surface area is 172 Å². The molecule has 2 aliphatic rings. The van der Waals surface area contributed by atoms with Crippen LogP contribution in [-0.2, 0) is 16.1 Å². The van der Waals surface area contributed by atoms with E-state index in [1.807, 2.05) is 0 Å². The van der Waals surface area contributed by atoms with Crippen LogP contribution in [-0.4, -0.2) is 46.8 Å². The quantitative estimate of drug-likeness (QED) is 0.775. The Morgan fingerprint density at radius 2 is 1.87 bits per heavy atom. The number of likely N-dealkylation sites (N-methyl/N-ethyl adjacent to an activating group) is 1. The van der Waals surface area contributed by atoms with Crippen LogP contribution in [0.4, 0.5) is 14.5 Å². The van der Waals surface area contributed by atoms with Crippen LogP contribution in [0.25, 0.3) is 0 Å². The summed E-state index contributed by atoms with van der Waals surface area (Å²) < 4.78 is 26.6. The van der Waals surface area contributed by atoms with Crippen molar-refractivity contribution >= 4 is 23.4 Å². The number of nitrogens with zero attached hydrogens (tertiary/aromatic N) is 3. The van der Waals surface area contributed by atoms with E-state index in [2.05, 4.69) is 0 Å². The van der Waals surface area contributed by atoms with Crippen molar-refractivity contribution in [2.75, 3.05) is 18.5 Å². The Morgan fingerprint density at radius 1 is 1.13 bits per heavy atom. The van der Waals surface area contributed by atoms with Crippen molar-refractivity contribution < 1.29 is 23.2 Å². The highest BCUT2D eigenvalue weighted by Crippen LogP contribution is 2.43. The van der Waals surface area contributed by atoms with Gasteiger partial charge in [-0.05, 0) is 43.2 Å². The van der Waals surface area contributed by atoms with Gasteiger partial charge in [0.2, 0.25) is 11.8 Å². The molecular formula is C22H21F2N3O3. The number of hydrogen-bond acceptors (Lipinski definition) is 3. The minimum atomic E-state index is -0.983. The number of carbonyl (C=O) groups is 3. The average Bonchev–Trinajstić information content (AvgIpc) is 3.03. The van der Waals surface area contributed by atoms with Crippen LogP contribution >= 0.6 is 0 Å². The fraction of sp³-hybridized carbons (Fsp3) is 0.318. The van der Waals surface area contributed by atoms with E-state index in [-0.39, 0.29) is 37.2 Å². The lowest BCUT2D eigenvalue weighted by Crippen LogP contribution is -2.63. The van der Waals surface area contributed by atoms with Crippen LogP contribution in [0, 0.1) is 11.6 Å². The van der Waals surface area contributed by atoms with E-state index in [1.54, 1.807) is 36.1 Å². The van der Waals surface area contributed by atoms with E-state index >= 15 is 0 Å². The minimum Gasteiger partial charge on any atom is -0.340 e. The molecule has 1 saturated heterocycles. The summed E-state index contributed by atoms with van der Waals surface area (Å²) in [4.78, 5) is 43.1. The molecule has 1 fully saturated rings. The molecule has 3 amide bonds. The standard InChI is InChI=1S/C22H21F2N3O3/c1-22-10-9-19(28)27(22)18-6-4-3-5-15(18)21(30)26(22)13-20(29)25(2)12-14-7-8-16(23)17(24)11-14/h3-8,11H,9-10,12-13H2,1-2H3. The number of anilines is 1. The Hall–Kier alpha value is -3.29.